The molecule has 0 bridgehead atoms. The van der Waals surface area contributed by atoms with Crippen molar-refractivity contribution in [3.8, 4) is 22.6 Å². The number of hydrogen-bond acceptors (Lipinski definition) is 3. The van der Waals surface area contributed by atoms with Crippen LogP contribution in [0.5, 0.6) is 11.5 Å². The third-order valence-electron chi connectivity index (χ3n) is 4.47. The summed E-state index contributed by atoms with van der Waals surface area (Å²) in [5.41, 5.74) is 1.02. The molecule has 2 rings (SSSR count). The van der Waals surface area contributed by atoms with Crippen molar-refractivity contribution < 1.29 is 23.0 Å². The van der Waals surface area contributed by atoms with Crippen molar-refractivity contribution in [2.45, 2.75) is 58.8 Å². The maximum absolute atomic E-state index is 14.3. The van der Waals surface area contributed by atoms with Gasteiger partial charge in [-0.05, 0) is 41.8 Å². The Balaban J connectivity index is 1.94. The largest absolute Gasteiger partial charge is 0.491 e. The molecule has 0 spiro atoms. The van der Waals surface area contributed by atoms with Gasteiger partial charge >= 0.3 is 5.97 Å². The molecule has 0 atom stereocenters. The second-order valence-corrected chi connectivity index (χ2v) is 6.73. The van der Waals surface area contributed by atoms with Crippen LogP contribution in [-0.4, -0.2) is 12.6 Å². The Kier molecular flexibility index (Phi) is 8.92. The highest BCUT2D eigenvalue weighted by molar-refractivity contribution is 5.73. The van der Waals surface area contributed by atoms with Crippen LogP contribution in [0.3, 0.4) is 0 Å². The topological polar surface area (TPSA) is 35.5 Å². The van der Waals surface area contributed by atoms with Gasteiger partial charge in [-0.3, -0.25) is 4.79 Å². The molecule has 0 amide bonds. The molecule has 0 unspecified atom stereocenters. The number of halogens is 2. The fourth-order valence-corrected chi connectivity index (χ4v) is 2.82. The van der Waals surface area contributed by atoms with Crippen LogP contribution in [0.25, 0.3) is 11.1 Å². The van der Waals surface area contributed by atoms with Gasteiger partial charge in [0.25, 0.3) is 0 Å². The van der Waals surface area contributed by atoms with Gasteiger partial charge in [0.05, 0.1) is 6.61 Å². The lowest BCUT2D eigenvalue weighted by Gasteiger charge is -2.10. The first-order valence-electron chi connectivity index (χ1n) is 9.98. The van der Waals surface area contributed by atoms with Gasteiger partial charge in [0.15, 0.2) is 23.1 Å². The van der Waals surface area contributed by atoms with Crippen LogP contribution in [0.4, 0.5) is 8.78 Å². The Bertz CT molecular complexity index is 774. The lowest BCUT2D eigenvalue weighted by Crippen LogP contribution is -2.06. The molecule has 2 aromatic rings. The molecule has 0 heterocycles. The number of carbonyl (C=O) groups is 1. The fourth-order valence-electron chi connectivity index (χ4n) is 2.82. The number of benzene rings is 2. The fraction of sp³-hybridized carbons (Fsp3) is 0.435. The molecule has 0 fully saturated rings. The van der Waals surface area contributed by atoms with Crippen LogP contribution >= 0.6 is 0 Å². The molecule has 0 aliphatic rings. The number of ether oxygens (including phenoxy) is 2. The monoisotopic (exact) mass is 390 g/mol. The second-order valence-electron chi connectivity index (χ2n) is 6.73. The lowest BCUT2D eigenvalue weighted by molar-refractivity contribution is -0.134. The maximum Gasteiger partial charge on any atom is 0.310 e. The summed E-state index contributed by atoms with van der Waals surface area (Å²) in [7, 11) is 0. The van der Waals surface area contributed by atoms with E-state index in [1.54, 1.807) is 25.1 Å². The summed E-state index contributed by atoms with van der Waals surface area (Å²) in [4.78, 5) is 11.3. The van der Waals surface area contributed by atoms with Crippen LogP contribution in [0.1, 0.15) is 58.8 Å². The van der Waals surface area contributed by atoms with Crippen molar-refractivity contribution in [2.75, 3.05) is 6.61 Å². The maximum atomic E-state index is 14.3. The Labute approximate surface area is 165 Å². The van der Waals surface area contributed by atoms with Crippen molar-refractivity contribution in [1.29, 1.82) is 0 Å². The number of hydrogen-bond donors (Lipinski definition) is 0. The average molecular weight is 390 g/mol. The quantitative estimate of drug-likeness (QED) is 0.244. The van der Waals surface area contributed by atoms with Gasteiger partial charge in [-0.15, -0.1) is 0 Å². The standard InChI is InChI=1S/C23H28F2O3/c1-3-5-6-7-8-9-14-27-21-12-10-17(15-19(21)24)18-11-13-22(20(25)16-18)28-23(26)4-2/h10-13,15-16H,3-9,14H2,1-2H3. The third-order valence-corrected chi connectivity index (χ3v) is 4.47. The molecule has 0 saturated heterocycles. The highest BCUT2D eigenvalue weighted by Crippen LogP contribution is 2.29. The number of unbranched alkanes of at least 4 members (excludes halogenated alkanes) is 5. The molecule has 0 saturated carbocycles. The van der Waals surface area contributed by atoms with E-state index in [0.29, 0.717) is 17.7 Å². The van der Waals surface area contributed by atoms with Gasteiger partial charge in [-0.2, -0.15) is 0 Å². The lowest BCUT2D eigenvalue weighted by atomic mass is 10.0. The van der Waals surface area contributed by atoms with Crippen molar-refractivity contribution in [1.82, 2.24) is 0 Å². The molecule has 3 nitrogen and oxygen atoms in total. The van der Waals surface area contributed by atoms with E-state index in [4.69, 9.17) is 9.47 Å². The predicted molar refractivity (Wildman–Crippen MR) is 107 cm³/mol. The SMILES string of the molecule is CCCCCCCCOc1ccc(-c2ccc(OC(=O)CC)c(F)c2)cc1F. The Morgan fingerprint density at radius 1 is 0.821 bits per heavy atom. The second kappa shape index (κ2) is 11.4. The molecule has 2 aromatic carbocycles. The van der Waals surface area contributed by atoms with Crippen LogP contribution in [0, 0.1) is 11.6 Å². The molecule has 0 N–H and O–H groups in total. The first-order chi connectivity index (χ1) is 13.5. The highest BCUT2D eigenvalue weighted by atomic mass is 19.1. The van der Waals surface area contributed by atoms with Gasteiger partial charge in [-0.1, -0.05) is 58.1 Å². The summed E-state index contributed by atoms with van der Waals surface area (Å²) in [5.74, 6) is -1.58. The molecule has 28 heavy (non-hydrogen) atoms. The summed E-state index contributed by atoms with van der Waals surface area (Å²) in [6.45, 7) is 4.29. The first kappa shape index (κ1) is 21.9. The van der Waals surface area contributed by atoms with Crippen LogP contribution in [-0.2, 0) is 4.79 Å². The molecule has 152 valence electrons. The van der Waals surface area contributed by atoms with Gasteiger partial charge in [0.2, 0.25) is 0 Å². The summed E-state index contributed by atoms with van der Waals surface area (Å²) < 4.78 is 38.9. The van der Waals surface area contributed by atoms with Gasteiger partial charge in [-0.25, -0.2) is 8.78 Å². The van der Waals surface area contributed by atoms with Crippen molar-refractivity contribution in [3.63, 3.8) is 0 Å². The van der Waals surface area contributed by atoms with E-state index >= 15 is 0 Å². The summed E-state index contributed by atoms with van der Waals surface area (Å²) >= 11 is 0. The smallest absolute Gasteiger partial charge is 0.310 e. The minimum absolute atomic E-state index is 0.130. The molecule has 0 aliphatic heterocycles. The summed E-state index contributed by atoms with van der Waals surface area (Å²) in [5, 5.41) is 0. The van der Waals surface area contributed by atoms with Gasteiger partial charge in [0.1, 0.15) is 0 Å². The van der Waals surface area contributed by atoms with E-state index in [-0.39, 0.29) is 17.9 Å². The van der Waals surface area contributed by atoms with E-state index in [9.17, 15) is 13.6 Å². The number of esters is 1. The van der Waals surface area contributed by atoms with Gasteiger partial charge < -0.3 is 9.47 Å². The van der Waals surface area contributed by atoms with Crippen molar-refractivity contribution in [3.05, 3.63) is 48.0 Å². The summed E-state index contributed by atoms with van der Waals surface area (Å²) in [6.07, 6.45) is 7.00. The van der Waals surface area contributed by atoms with Crippen LogP contribution in [0.15, 0.2) is 36.4 Å². The Hall–Kier alpha value is -2.43. The molecule has 0 aliphatic carbocycles. The Morgan fingerprint density at radius 3 is 1.96 bits per heavy atom. The van der Waals surface area contributed by atoms with Crippen LogP contribution < -0.4 is 9.47 Å². The molecule has 5 heteroatoms. The first-order valence-corrected chi connectivity index (χ1v) is 9.98. The van der Waals surface area contributed by atoms with Crippen molar-refractivity contribution in [2.24, 2.45) is 0 Å². The number of carbonyl (C=O) groups excluding carboxylic acids is 1. The minimum atomic E-state index is -0.664. The molecular weight excluding hydrogens is 362 g/mol. The average Bonchev–Trinajstić information content (AvgIpc) is 2.69. The normalized spacial score (nSPS) is 10.7. The zero-order valence-corrected chi connectivity index (χ0v) is 16.6. The highest BCUT2D eigenvalue weighted by Gasteiger charge is 2.11. The summed E-state index contributed by atoms with van der Waals surface area (Å²) in [6, 6.07) is 8.76. The van der Waals surface area contributed by atoms with Crippen molar-refractivity contribution >= 4 is 5.97 Å². The molecular formula is C23H28F2O3. The van der Waals surface area contributed by atoms with E-state index in [1.165, 1.54) is 43.9 Å². The van der Waals surface area contributed by atoms with E-state index in [2.05, 4.69) is 6.92 Å². The zero-order valence-electron chi connectivity index (χ0n) is 16.6. The van der Waals surface area contributed by atoms with E-state index in [0.717, 1.165) is 12.8 Å². The number of rotatable bonds is 11. The van der Waals surface area contributed by atoms with Gasteiger partial charge in [0, 0.05) is 6.42 Å². The third kappa shape index (κ3) is 6.63. The zero-order chi connectivity index (χ0) is 20.4. The predicted octanol–water partition coefficient (Wildman–Crippen LogP) is 6.69. The molecule has 0 radical (unpaired) electrons. The van der Waals surface area contributed by atoms with E-state index in [1.807, 2.05) is 0 Å². The Morgan fingerprint density at radius 2 is 1.39 bits per heavy atom. The minimum Gasteiger partial charge on any atom is -0.491 e. The molecule has 0 aromatic heterocycles. The van der Waals surface area contributed by atoms with Crippen LogP contribution in [0.2, 0.25) is 0 Å². The van der Waals surface area contributed by atoms with E-state index < -0.39 is 17.6 Å².